The van der Waals surface area contributed by atoms with Crippen molar-refractivity contribution in [3.8, 4) is 0 Å². The normalized spacial score (nSPS) is 20.2. The molecular formula is C19H28N4O3. The summed E-state index contributed by atoms with van der Waals surface area (Å²) in [6, 6.07) is 5.98. The van der Waals surface area contributed by atoms with Gasteiger partial charge >= 0.3 is 0 Å². The van der Waals surface area contributed by atoms with Gasteiger partial charge in [-0.1, -0.05) is 38.1 Å². The highest BCUT2D eigenvalue weighted by Crippen LogP contribution is 2.32. The van der Waals surface area contributed by atoms with Crippen LogP contribution in [0.15, 0.2) is 24.3 Å². The quantitative estimate of drug-likeness (QED) is 0.753. The fourth-order valence-corrected chi connectivity index (χ4v) is 3.03. The third-order valence-electron chi connectivity index (χ3n) is 4.53. The zero-order chi connectivity index (χ0) is 19.6. The molecule has 0 fully saturated rings. The van der Waals surface area contributed by atoms with Crippen molar-refractivity contribution in [1.82, 2.24) is 21.1 Å². The first-order valence-corrected chi connectivity index (χ1v) is 8.80. The van der Waals surface area contributed by atoms with Crippen LogP contribution in [-0.4, -0.2) is 35.8 Å². The fraction of sp³-hybridized carbons (Fsp3) is 0.526. The number of fused-ring (bicyclic) bond motifs is 1. The number of carbonyl (C=O) groups excluding carboxylic acids is 3. The van der Waals surface area contributed by atoms with Crippen LogP contribution >= 0.6 is 0 Å². The Morgan fingerprint density at radius 3 is 2.38 bits per heavy atom. The van der Waals surface area contributed by atoms with Gasteiger partial charge in [0.2, 0.25) is 11.8 Å². The number of rotatable bonds is 4. The molecule has 1 heterocycles. The van der Waals surface area contributed by atoms with Crippen LogP contribution in [0, 0.1) is 5.92 Å². The second-order valence-corrected chi connectivity index (χ2v) is 7.55. The van der Waals surface area contributed by atoms with Gasteiger partial charge in [-0.15, -0.1) is 0 Å². The summed E-state index contributed by atoms with van der Waals surface area (Å²) in [5.74, 6) is -1.10. The molecule has 1 aromatic carbocycles. The molecule has 142 valence electrons. The molecular weight excluding hydrogens is 332 g/mol. The van der Waals surface area contributed by atoms with Crippen LogP contribution in [-0.2, 0) is 19.9 Å². The number of benzene rings is 1. The van der Waals surface area contributed by atoms with Crippen LogP contribution < -0.4 is 16.1 Å². The number of nitrogens with one attached hydrogen (secondary N) is 3. The minimum Gasteiger partial charge on any atom is -0.344 e. The summed E-state index contributed by atoms with van der Waals surface area (Å²) in [6.45, 7) is 9.08. The van der Waals surface area contributed by atoms with Crippen LogP contribution in [0.5, 0.6) is 0 Å². The van der Waals surface area contributed by atoms with Crippen molar-refractivity contribution in [2.45, 2.75) is 52.2 Å². The van der Waals surface area contributed by atoms with E-state index in [1.165, 1.54) is 5.01 Å². The molecule has 0 radical (unpaired) electrons. The van der Waals surface area contributed by atoms with E-state index in [1.807, 2.05) is 38.1 Å². The Kier molecular flexibility index (Phi) is 5.71. The van der Waals surface area contributed by atoms with Crippen molar-refractivity contribution in [3.05, 3.63) is 35.4 Å². The molecule has 1 aromatic rings. The Balaban J connectivity index is 2.30. The van der Waals surface area contributed by atoms with Crippen LogP contribution in [0.1, 0.15) is 51.8 Å². The molecule has 2 atom stereocenters. The second-order valence-electron chi connectivity index (χ2n) is 7.55. The van der Waals surface area contributed by atoms with Gasteiger partial charge in [-0.2, -0.15) is 0 Å². The fourth-order valence-electron chi connectivity index (χ4n) is 3.03. The van der Waals surface area contributed by atoms with Gasteiger partial charge in [0.15, 0.2) is 0 Å². The zero-order valence-electron chi connectivity index (χ0n) is 16.2. The van der Waals surface area contributed by atoms with Crippen molar-refractivity contribution in [2.24, 2.45) is 5.92 Å². The molecule has 1 aliphatic heterocycles. The van der Waals surface area contributed by atoms with E-state index in [9.17, 15) is 14.4 Å². The van der Waals surface area contributed by atoms with E-state index in [0.717, 1.165) is 11.1 Å². The molecule has 2 rings (SSSR count). The highest BCUT2D eigenvalue weighted by Gasteiger charge is 2.38. The van der Waals surface area contributed by atoms with E-state index in [2.05, 4.69) is 16.1 Å². The first-order chi connectivity index (χ1) is 12.0. The smallest absolute Gasteiger partial charge is 0.263 e. The van der Waals surface area contributed by atoms with E-state index < -0.39 is 23.5 Å². The maximum atomic E-state index is 12.8. The van der Waals surface area contributed by atoms with Crippen molar-refractivity contribution < 1.29 is 14.4 Å². The van der Waals surface area contributed by atoms with Crippen LogP contribution in [0.2, 0.25) is 0 Å². The number of likely N-dealkylation sites (N-methyl/N-ethyl adjacent to an activating group) is 1. The third kappa shape index (κ3) is 4.04. The number of nitrogens with zero attached hydrogens (tertiary/aromatic N) is 1. The number of hydrazine groups is 1. The van der Waals surface area contributed by atoms with Crippen molar-refractivity contribution in [1.29, 1.82) is 0 Å². The summed E-state index contributed by atoms with van der Waals surface area (Å²) in [5, 5.41) is 6.86. The van der Waals surface area contributed by atoms with E-state index in [1.54, 1.807) is 27.8 Å². The second kappa shape index (κ2) is 7.45. The molecule has 0 spiro atoms. The monoisotopic (exact) mass is 360 g/mol. The number of amides is 3. The highest BCUT2D eigenvalue weighted by molar-refractivity contribution is 5.93. The Hall–Kier alpha value is -2.41. The van der Waals surface area contributed by atoms with Gasteiger partial charge in [-0.3, -0.25) is 19.4 Å². The van der Waals surface area contributed by atoms with Crippen molar-refractivity contribution in [2.75, 3.05) is 7.05 Å². The zero-order valence-corrected chi connectivity index (χ0v) is 16.2. The maximum absolute atomic E-state index is 12.8. The average Bonchev–Trinajstić information content (AvgIpc) is 2.64. The molecule has 0 aliphatic carbocycles. The number of hydrogen-bond donors (Lipinski definition) is 3. The van der Waals surface area contributed by atoms with Crippen molar-refractivity contribution >= 4 is 17.7 Å². The molecule has 0 aromatic heterocycles. The lowest BCUT2D eigenvalue weighted by atomic mass is 9.88. The summed E-state index contributed by atoms with van der Waals surface area (Å²) in [7, 11) is 1.64. The first kappa shape index (κ1) is 19.9. The van der Waals surface area contributed by atoms with E-state index in [0.29, 0.717) is 0 Å². The predicted molar refractivity (Wildman–Crippen MR) is 98.7 cm³/mol. The summed E-state index contributed by atoms with van der Waals surface area (Å²) in [4.78, 5) is 37.3. The largest absolute Gasteiger partial charge is 0.344 e. The molecule has 26 heavy (non-hydrogen) atoms. The minimum atomic E-state index is -0.823. The lowest BCUT2D eigenvalue weighted by molar-refractivity contribution is -0.139. The van der Waals surface area contributed by atoms with E-state index in [4.69, 9.17) is 0 Å². The molecule has 1 aliphatic rings. The molecule has 0 saturated carbocycles. The average molecular weight is 360 g/mol. The van der Waals surface area contributed by atoms with E-state index in [-0.39, 0.29) is 17.7 Å². The van der Waals surface area contributed by atoms with Gasteiger partial charge in [0.1, 0.15) is 12.1 Å². The predicted octanol–water partition coefficient (Wildman–Crippen LogP) is 1.22. The molecule has 3 N–H and O–H groups in total. The van der Waals surface area contributed by atoms with Gasteiger partial charge in [-0.25, -0.2) is 5.43 Å². The Morgan fingerprint density at radius 1 is 1.15 bits per heavy atom. The Labute approximate surface area is 154 Å². The van der Waals surface area contributed by atoms with Gasteiger partial charge in [-0.05, 0) is 31.9 Å². The molecule has 7 nitrogen and oxygen atoms in total. The molecule has 0 bridgehead atoms. The van der Waals surface area contributed by atoms with Gasteiger partial charge < -0.3 is 10.6 Å². The summed E-state index contributed by atoms with van der Waals surface area (Å²) >= 11 is 0. The lowest BCUT2D eigenvalue weighted by Crippen LogP contribution is -2.52. The lowest BCUT2D eigenvalue weighted by Gasteiger charge is -2.30. The maximum Gasteiger partial charge on any atom is 0.263 e. The third-order valence-corrected chi connectivity index (χ3v) is 4.53. The van der Waals surface area contributed by atoms with Crippen LogP contribution in [0.25, 0.3) is 0 Å². The Morgan fingerprint density at radius 2 is 1.77 bits per heavy atom. The topological polar surface area (TPSA) is 90.5 Å². The number of carbonyl (C=O) groups is 3. The van der Waals surface area contributed by atoms with Crippen molar-refractivity contribution in [3.63, 3.8) is 0 Å². The van der Waals surface area contributed by atoms with Gasteiger partial charge in [0, 0.05) is 13.0 Å². The standard InChI is InChI=1S/C19H28N4O3/c1-11(2)16(24)20-12(3)17(25)21-15-13-9-7-8-10-14(13)19(4,5)22-23(6)18(15)26/h7-12,15,22H,1-6H3,(H,20,24)(H,21,25)/t12-,15?/m0/s1. The minimum absolute atomic E-state index is 0.208. The number of hydrogen-bond acceptors (Lipinski definition) is 4. The van der Waals surface area contributed by atoms with E-state index >= 15 is 0 Å². The van der Waals surface area contributed by atoms with Crippen LogP contribution in [0.3, 0.4) is 0 Å². The Bertz CT molecular complexity index is 714. The van der Waals surface area contributed by atoms with Crippen LogP contribution in [0.4, 0.5) is 0 Å². The van der Waals surface area contributed by atoms with Gasteiger partial charge in [0.25, 0.3) is 5.91 Å². The first-order valence-electron chi connectivity index (χ1n) is 8.80. The molecule has 0 saturated heterocycles. The molecule has 3 amide bonds. The highest BCUT2D eigenvalue weighted by atomic mass is 16.2. The summed E-state index contributed by atoms with van der Waals surface area (Å²) < 4.78 is 0. The van der Waals surface area contributed by atoms with Gasteiger partial charge in [0.05, 0.1) is 5.54 Å². The molecule has 1 unspecified atom stereocenters. The summed E-state index contributed by atoms with van der Waals surface area (Å²) in [5.41, 5.74) is 4.37. The SMILES string of the molecule is CC(C)C(=O)N[C@@H](C)C(=O)NC1C(=O)N(C)NC(C)(C)c2ccccc21. The summed E-state index contributed by atoms with van der Waals surface area (Å²) in [6.07, 6.45) is 0. The molecule has 7 heteroatoms.